The zero-order chi connectivity index (χ0) is 20.5. The van der Waals surface area contributed by atoms with Crippen LogP contribution in [-0.4, -0.2) is 30.1 Å². The molecule has 2 unspecified atom stereocenters. The first-order valence-electron chi connectivity index (χ1n) is 8.33. The van der Waals surface area contributed by atoms with Gasteiger partial charge in [0.25, 0.3) is 0 Å². The van der Waals surface area contributed by atoms with Gasteiger partial charge in [-0.1, -0.05) is 18.2 Å². The molecular formula is C19H17F3N2O4. The zero-order valence-corrected chi connectivity index (χ0v) is 14.7. The second-order valence-electron chi connectivity index (χ2n) is 6.34. The Labute approximate surface area is 158 Å². The van der Waals surface area contributed by atoms with Crippen LogP contribution >= 0.6 is 0 Å². The highest BCUT2D eigenvalue weighted by molar-refractivity contribution is 5.97. The molecule has 0 saturated carbocycles. The monoisotopic (exact) mass is 394 g/mol. The van der Waals surface area contributed by atoms with Crippen molar-refractivity contribution in [2.45, 2.75) is 24.7 Å². The van der Waals surface area contributed by atoms with E-state index in [-0.39, 0.29) is 23.5 Å². The topological polar surface area (TPSA) is 87.7 Å². The number of methoxy groups -OCH3 is 1. The third-order valence-corrected chi connectivity index (χ3v) is 4.41. The van der Waals surface area contributed by atoms with Crippen molar-refractivity contribution in [1.29, 1.82) is 0 Å². The van der Waals surface area contributed by atoms with Gasteiger partial charge in [0.05, 0.1) is 12.7 Å². The molecule has 3 rings (SSSR count). The predicted molar refractivity (Wildman–Crippen MR) is 92.6 cm³/mol. The highest BCUT2D eigenvalue weighted by Crippen LogP contribution is 2.31. The van der Waals surface area contributed by atoms with Crippen molar-refractivity contribution in [2.24, 2.45) is 0 Å². The third kappa shape index (κ3) is 4.03. The first-order valence-corrected chi connectivity index (χ1v) is 8.33. The van der Waals surface area contributed by atoms with Gasteiger partial charge >= 0.3 is 6.18 Å². The molecule has 6 nitrogen and oxygen atoms in total. The summed E-state index contributed by atoms with van der Waals surface area (Å²) in [5, 5.41) is 14.6. The summed E-state index contributed by atoms with van der Waals surface area (Å²) < 4.78 is 43.7. The zero-order valence-electron chi connectivity index (χ0n) is 14.7. The number of phenolic OH excluding ortho intramolecular Hbond substituents is 1. The van der Waals surface area contributed by atoms with Crippen LogP contribution in [-0.2, 0) is 22.2 Å². The number of amides is 2. The van der Waals surface area contributed by atoms with Gasteiger partial charge in [-0.25, -0.2) is 0 Å². The number of aromatic hydroxyl groups is 1. The summed E-state index contributed by atoms with van der Waals surface area (Å²) in [5.74, 6) is -0.960. The quantitative estimate of drug-likeness (QED) is 0.743. The second-order valence-corrected chi connectivity index (χ2v) is 6.34. The van der Waals surface area contributed by atoms with Crippen molar-refractivity contribution in [3.05, 3.63) is 59.2 Å². The standard InChI is InChI=1S/C19H17F3N2O4/c1-28-15-8-10(5-6-14(15)25)7-13-17(26)24-16(18(27)23-13)11-3-2-4-12(9-11)19(20,21)22/h2-6,8-9,13,16,25H,7H2,1H3,(H,23,27)(H,24,26). The number of benzene rings is 2. The van der Waals surface area contributed by atoms with Crippen LogP contribution in [0.2, 0.25) is 0 Å². The second kappa shape index (κ2) is 7.41. The van der Waals surface area contributed by atoms with Gasteiger partial charge < -0.3 is 20.5 Å². The summed E-state index contributed by atoms with van der Waals surface area (Å²) in [7, 11) is 1.38. The maximum absolute atomic E-state index is 12.9. The van der Waals surface area contributed by atoms with Gasteiger partial charge in [0.15, 0.2) is 11.5 Å². The van der Waals surface area contributed by atoms with Gasteiger partial charge in [-0.3, -0.25) is 9.59 Å². The summed E-state index contributed by atoms with van der Waals surface area (Å²) in [6.07, 6.45) is -4.42. The van der Waals surface area contributed by atoms with Crippen LogP contribution in [0.3, 0.4) is 0 Å². The third-order valence-electron chi connectivity index (χ3n) is 4.41. The molecule has 1 saturated heterocycles. The molecule has 9 heteroatoms. The van der Waals surface area contributed by atoms with E-state index in [1.807, 2.05) is 0 Å². The van der Waals surface area contributed by atoms with Crippen molar-refractivity contribution in [3.8, 4) is 11.5 Å². The molecule has 2 aromatic carbocycles. The molecule has 1 aliphatic rings. The molecule has 2 amide bonds. The molecule has 148 valence electrons. The summed E-state index contributed by atoms with van der Waals surface area (Å²) >= 11 is 0. The van der Waals surface area contributed by atoms with Gasteiger partial charge in [-0.05, 0) is 35.4 Å². The molecule has 0 aliphatic carbocycles. The van der Waals surface area contributed by atoms with Gasteiger partial charge in [0.1, 0.15) is 12.1 Å². The van der Waals surface area contributed by atoms with E-state index < -0.39 is 35.6 Å². The number of hydrogen-bond acceptors (Lipinski definition) is 4. The van der Waals surface area contributed by atoms with Crippen LogP contribution in [0.25, 0.3) is 0 Å². The van der Waals surface area contributed by atoms with Crippen LogP contribution in [0.1, 0.15) is 22.7 Å². The fourth-order valence-corrected chi connectivity index (χ4v) is 2.99. The average Bonchev–Trinajstić information content (AvgIpc) is 2.65. The maximum atomic E-state index is 12.9. The van der Waals surface area contributed by atoms with Crippen molar-refractivity contribution in [3.63, 3.8) is 0 Å². The molecule has 2 atom stereocenters. The minimum atomic E-state index is -4.55. The van der Waals surface area contributed by atoms with E-state index in [0.717, 1.165) is 12.1 Å². The fourth-order valence-electron chi connectivity index (χ4n) is 2.99. The number of halogens is 3. The van der Waals surface area contributed by atoms with Crippen molar-refractivity contribution >= 4 is 11.8 Å². The highest BCUT2D eigenvalue weighted by Gasteiger charge is 2.36. The van der Waals surface area contributed by atoms with E-state index in [9.17, 15) is 27.9 Å². The minimum Gasteiger partial charge on any atom is -0.504 e. The van der Waals surface area contributed by atoms with E-state index >= 15 is 0 Å². The maximum Gasteiger partial charge on any atom is 0.416 e. The largest absolute Gasteiger partial charge is 0.504 e. The average molecular weight is 394 g/mol. The van der Waals surface area contributed by atoms with Crippen molar-refractivity contribution in [2.75, 3.05) is 7.11 Å². The number of rotatable bonds is 4. The lowest BCUT2D eigenvalue weighted by atomic mass is 9.97. The smallest absolute Gasteiger partial charge is 0.416 e. The Hall–Kier alpha value is -3.23. The van der Waals surface area contributed by atoms with Gasteiger partial charge in [-0.15, -0.1) is 0 Å². The molecular weight excluding hydrogens is 377 g/mol. The van der Waals surface area contributed by atoms with Crippen LogP contribution in [0.5, 0.6) is 11.5 Å². The molecule has 3 N–H and O–H groups in total. The lowest BCUT2D eigenvalue weighted by Gasteiger charge is -2.30. The minimum absolute atomic E-state index is 0.0467. The van der Waals surface area contributed by atoms with E-state index in [4.69, 9.17) is 4.74 Å². The number of carbonyl (C=O) groups excluding carboxylic acids is 2. The molecule has 1 fully saturated rings. The van der Waals surface area contributed by atoms with Gasteiger partial charge in [0, 0.05) is 6.42 Å². The number of piperazine rings is 1. The van der Waals surface area contributed by atoms with Crippen LogP contribution in [0, 0.1) is 0 Å². The molecule has 28 heavy (non-hydrogen) atoms. The first-order chi connectivity index (χ1) is 13.2. The van der Waals surface area contributed by atoms with Crippen molar-refractivity contribution < 1.29 is 32.6 Å². The Balaban J connectivity index is 1.76. The number of ether oxygens (including phenoxy) is 1. The Kier molecular flexibility index (Phi) is 5.17. The number of alkyl halides is 3. The van der Waals surface area contributed by atoms with E-state index in [2.05, 4.69) is 10.6 Å². The van der Waals surface area contributed by atoms with Crippen LogP contribution in [0.15, 0.2) is 42.5 Å². The molecule has 0 spiro atoms. The summed E-state index contributed by atoms with van der Waals surface area (Å²) in [6.45, 7) is 0. The fraction of sp³-hybridized carbons (Fsp3) is 0.263. The summed E-state index contributed by atoms with van der Waals surface area (Å²) in [4.78, 5) is 24.8. The van der Waals surface area contributed by atoms with E-state index in [1.165, 1.54) is 31.4 Å². The van der Waals surface area contributed by atoms with Crippen LogP contribution < -0.4 is 15.4 Å². The summed E-state index contributed by atoms with van der Waals surface area (Å²) in [5.41, 5.74) is -0.219. The Bertz CT molecular complexity index is 914. The van der Waals surface area contributed by atoms with Crippen LogP contribution in [0.4, 0.5) is 13.2 Å². The number of nitrogens with one attached hydrogen (secondary N) is 2. The van der Waals surface area contributed by atoms with Crippen molar-refractivity contribution in [1.82, 2.24) is 10.6 Å². The lowest BCUT2D eigenvalue weighted by Crippen LogP contribution is -2.58. The normalized spacial score (nSPS) is 19.7. The molecule has 0 radical (unpaired) electrons. The highest BCUT2D eigenvalue weighted by atomic mass is 19.4. The predicted octanol–water partition coefficient (Wildman–Crippen LogP) is 2.32. The molecule has 1 heterocycles. The lowest BCUT2D eigenvalue weighted by molar-refractivity contribution is -0.138. The van der Waals surface area contributed by atoms with Gasteiger partial charge in [0.2, 0.25) is 11.8 Å². The Morgan fingerprint density at radius 1 is 1.07 bits per heavy atom. The Morgan fingerprint density at radius 2 is 1.82 bits per heavy atom. The first kappa shape index (κ1) is 19.5. The van der Waals surface area contributed by atoms with Gasteiger partial charge in [-0.2, -0.15) is 13.2 Å². The summed E-state index contributed by atoms with van der Waals surface area (Å²) in [6, 6.07) is 6.69. The number of hydrogen-bond donors (Lipinski definition) is 3. The molecule has 0 bridgehead atoms. The number of phenols is 1. The van der Waals surface area contributed by atoms with E-state index in [0.29, 0.717) is 5.56 Å². The number of carbonyl (C=O) groups is 2. The SMILES string of the molecule is COc1cc(CC2NC(=O)C(c3cccc(C(F)(F)F)c3)NC2=O)ccc1O. The molecule has 1 aliphatic heterocycles. The molecule has 0 aromatic heterocycles. The van der Waals surface area contributed by atoms with E-state index in [1.54, 1.807) is 6.07 Å². The molecule has 2 aromatic rings. The Morgan fingerprint density at radius 3 is 2.50 bits per heavy atom.